The summed E-state index contributed by atoms with van der Waals surface area (Å²) in [5.74, 6) is 1.16. The molecule has 1 aromatic heterocycles. The van der Waals surface area contributed by atoms with Crippen LogP contribution in [-0.4, -0.2) is 87.8 Å². The van der Waals surface area contributed by atoms with E-state index in [-0.39, 0.29) is 6.61 Å². The number of aromatic nitrogens is 2. The van der Waals surface area contributed by atoms with E-state index >= 15 is 0 Å². The summed E-state index contributed by atoms with van der Waals surface area (Å²) in [6.07, 6.45) is 7.37. The number of aryl methyl sites for hydroxylation is 1. The van der Waals surface area contributed by atoms with Crippen LogP contribution >= 0.6 is 0 Å². The first-order valence-electron chi connectivity index (χ1n) is 9.48. The average molecular weight is 335 g/mol. The van der Waals surface area contributed by atoms with Gasteiger partial charge >= 0.3 is 0 Å². The Morgan fingerprint density at radius 3 is 2.71 bits per heavy atom. The average Bonchev–Trinajstić information content (AvgIpc) is 3.04. The molecule has 3 heterocycles. The van der Waals surface area contributed by atoms with Gasteiger partial charge in [0, 0.05) is 57.3 Å². The van der Waals surface area contributed by atoms with Crippen LogP contribution in [0.2, 0.25) is 0 Å². The first kappa shape index (κ1) is 17.9. The van der Waals surface area contributed by atoms with E-state index in [1.165, 1.54) is 25.9 Å². The van der Waals surface area contributed by atoms with Gasteiger partial charge in [0.05, 0.1) is 6.54 Å². The number of piperidine rings is 1. The molecule has 1 atom stereocenters. The summed E-state index contributed by atoms with van der Waals surface area (Å²) in [4.78, 5) is 12.2. The molecule has 0 saturated carbocycles. The number of likely N-dealkylation sites (tertiary alicyclic amines) is 1. The van der Waals surface area contributed by atoms with Gasteiger partial charge in [0.2, 0.25) is 0 Å². The predicted molar refractivity (Wildman–Crippen MR) is 95.9 cm³/mol. The minimum absolute atomic E-state index is 0.283. The molecule has 24 heavy (non-hydrogen) atoms. The van der Waals surface area contributed by atoms with Crippen LogP contribution in [0.3, 0.4) is 0 Å². The minimum Gasteiger partial charge on any atom is -0.396 e. The predicted octanol–water partition coefficient (Wildman–Crippen LogP) is 0.866. The molecule has 0 aromatic carbocycles. The van der Waals surface area contributed by atoms with Crippen LogP contribution in [-0.2, 0) is 13.1 Å². The quantitative estimate of drug-likeness (QED) is 0.836. The molecule has 1 unspecified atom stereocenters. The van der Waals surface area contributed by atoms with E-state index in [9.17, 15) is 5.11 Å². The lowest BCUT2D eigenvalue weighted by Gasteiger charge is -2.47. The Bertz CT molecular complexity index is 497. The smallest absolute Gasteiger partial charge is 0.122 e. The molecule has 2 fully saturated rings. The van der Waals surface area contributed by atoms with Crippen LogP contribution in [0.25, 0.3) is 0 Å². The fraction of sp³-hybridized carbons (Fsp3) is 0.833. The number of hydrogen-bond donors (Lipinski definition) is 1. The highest BCUT2D eigenvalue weighted by atomic mass is 16.3. The van der Waals surface area contributed by atoms with Gasteiger partial charge in [-0.25, -0.2) is 4.98 Å². The van der Waals surface area contributed by atoms with Crippen molar-refractivity contribution in [3.8, 4) is 0 Å². The maximum atomic E-state index is 9.53. The van der Waals surface area contributed by atoms with Crippen LogP contribution in [0.1, 0.15) is 32.0 Å². The van der Waals surface area contributed by atoms with Crippen molar-refractivity contribution >= 4 is 0 Å². The van der Waals surface area contributed by atoms with Crippen LogP contribution in [0.15, 0.2) is 12.4 Å². The van der Waals surface area contributed by atoms with Crippen molar-refractivity contribution in [3.63, 3.8) is 0 Å². The maximum absolute atomic E-state index is 9.53. The van der Waals surface area contributed by atoms with Gasteiger partial charge in [-0.15, -0.1) is 0 Å². The normalized spacial score (nSPS) is 25.4. The van der Waals surface area contributed by atoms with Crippen LogP contribution < -0.4 is 0 Å². The third kappa shape index (κ3) is 4.17. The first-order valence-corrected chi connectivity index (χ1v) is 9.48. The van der Waals surface area contributed by atoms with Crippen LogP contribution in [0, 0.1) is 0 Å². The van der Waals surface area contributed by atoms with E-state index in [0.29, 0.717) is 12.1 Å². The van der Waals surface area contributed by atoms with Gasteiger partial charge in [-0.05, 0) is 46.3 Å². The van der Waals surface area contributed by atoms with Crippen molar-refractivity contribution in [2.75, 3.05) is 46.4 Å². The number of hydrogen-bond acceptors (Lipinski definition) is 5. The molecule has 1 aromatic rings. The van der Waals surface area contributed by atoms with Gasteiger partial charge in [-0.2, -0.15) is 0 Å². The number of aliphatic hydroxyl groups is 1. The lowest BCUT2D eigenvalue weighted by molar-refractivity contribution is 0.00499. The topological polar surface area (TPSA) is 47.8 Å². The Hall–Kier alpha value is -0.950. The summed E-state index contributed by atoms with van der Waals surface area (Å²) in [6.45, 7) is 10.0. The highest BCUT2D eigenvalue weighted by Gasteiger charge is 2.33. The monoisotopic (exact) mass is 335 g/mol. The molecule has 3 rings (SSSR count). The van der Waals surface area contributed by atoms with Crippen LogP contribution in [0.5, 0.6) is 0 Å². The first-order chi connectivity index (χ1) is 11.7. The number of aliphatic hydroxyl groups excluding tert-OH is 1. The molecule has 136 valence electrons. The van der Waals surface area contributed by atoms with Gasteiger partial charge in [0.15, 0.2) is 0 Å². The maximum Gasteiger partial charge on any atom is 0.122 e. The molecule has 2 saturated heterocycles. The van der Waals surface area contributed by atoms with Gasteiger partial charge < -0.3 is 14.6 Å². The molecule has 0 aliphatic carbocycles. The Labute approximate surface area is 146 Å². The zero-order chi connectivity index (χ0) is 16.9. The van der Waals surface area contributed by atoms with Crippen molar-refractivity contribution < 1.29 is 5.11 Å². The second-order valence-corrected chi connectivity index (χ2v) is 7.30. The van der Waals surface area contributed by atoms with Crippen LogP contribution in [0.4, 0.5) is 0 Å². The van der Waals surface area contributed by atoms with E-state index in [1.807, 2.05) is 6.20 Å². The van der Waals surface area contributed by atoms with Crippen molar-refractivity contribution in [1.29, 1.82) is 0 Å². The summed E-state index contributed by atoms with van der Waals surface area (Å²) in [7, 11) is 2.22. The van der Waals surface area contributed by atoms with Gasteiger partial charge in [0.1, 0.15) is 5.82 Å². The molecule has 6 heteroatoms. The number of rotatable bonds is 6. The Balaban J connectivity index is 1.60. The zero-order valence-electron chi connectivity index (χ0n) is 15.3. The Kier molecular flexibility index (Phi) is 6.27. The molecule has 0 bridgehead atoms. The molecular formula is C18H33N5O. The molecule has 6 nitrogen and oxygen atoms in total. The number of piperazine rings is 1. The minimum atomic E-state index is 0.283. The van der Waals surface area contributed by atoms with Gasteiger partial charge in [0.25, 0.3) is 0 Å². The summed E-state index contributed by atoms with van der Waals surface area (Å²) < 4.78 is 2.23. The summed E-state index contributed by atoms with van der Waals surface area (Å²) in [5, 5.41) is 9.53. The van der Waals surface area contributed by atoms with E-state index in [2.05, 4.69) is 44.4 Å². The molecule has 0 radical (unpaired) electrons. The third-order valence-corrected chi connectivity index (χ3v) is 5.74. The van der Waals surface area contributed by atoms with E-state index < -0.39 is 0 Å². The number of nitrogens with zero attached hydrogens (tertiary/aromatic N) is 5. The summed E-state index contributed by atoms with van der Waals surface area (Å²) in [5.41, 5.74) is 0. The van der Waals surface area contributed by atoms with E-state index in [1.54, 1.807) is 0 Å². The second kappa shape index (κ2) is 8.43. The van der Waals surface area contributed by atoms with Crippen molar-refractivity contribution in [2.45, 2.75) is 51.4 Å². The lowest BCUT2D eigenvalue weighted by atomic mass is 9.98. The third-order valence-electron chi connectivity index (χ3n) is 5.74. The largest absolute Gasteiger partial charge is 0.396 e. The highest BCUT2D eigenvalue weighted by molar-refractivity contribution is 4.95. The van der Waals surface area contributed by atoms with Crippen molar-refractivity contribution in [1.82, 2.24) is 24.3 Å². The molecule has 1 N–H and O–H groups in total. The standard InChI is InChI=1S/C18H33N5O/c1-3-22-10-7-19-18(22)15-21-11-12-23(17(14-21)6-13-24)16-4-8-20(2)9-5-16/h7,10,16-17,24H,3-6,8-9,11-15H2,1-2H3. The van der Waals surface area contributed by atoms with Gasteiger partial charge in [-0.1, -0.05) is 0 Å². The van der Waals surface area contributed by atoms with Gasteiger partial charge in [-0.3, -0.25) is 9.80 Å². The fourth-order valence-corrected chi connectivity index (χ4v) is 4.27. The highest BCUT2D eigenvalue weighted by Crippen LogP contribution is 2.23. The summed E-state index contributed by atoms with van der Waals surface area (Å²) in [6, 6.07) is 1.17. The SMILES string of the molecule is CCn1ccnc1CN1CCN(C2CCN(C)CC2)C(CCO)C1. The second-order valence-electron chi connectivity index (χ2n) is 7.30. The van der Waals surface area contributed by atoms with Crippen molar-refractivity contribution in [2.24, 2.45) is 0 Å². The molecule has 2 aliphatic rings. The summed E-state index contributed by atoms with van der Waals surface area (Å²) >= 11 is 0. The molecule has 2 aliphatic heterocycles. The lowest BCUT2D eigenvalue weighted by Crippen LogP contribution is -2.58. The Morgan fingerprint density at radius 2 is 2.00 bits per heavy atom. The van der Waals surface area contributed by atoms with E-state index in [4.69, 9.17) is 0 Å². The molecule has 0 spiro atoms. The molecular weight excluding hydrogens is 302 g/mol. The Morgan fingerprint density at radius 1 is 1.21 bits per heavy atom. The number of imidazole rings is 1. The van der Waals surface area contributed by atoms with Crippen molar-refractivity contribution in [3.05, 3.63) is 18.2 Å². The zero-order valence-corrected chi connectivity index (χ0v) is 15.3. The van der Waals surface area contributed by atoms with E-state index in [0.717, 1.165) is 45.0 Å². The fourth-order valence-electron chi connectivity index (χ4n) is 4.27. The molecule has 0 amide bonds.